The Labute approximate surface area is 313 Å². The number of alkyl halides is 3. The van der Waals surface area contributed by atoms with Crippen LogP contribution in [-0.2, 0) is 20.3 Å². The highest BCUT2D eigenvalue weighted by molar-refractivity contribution is 6.31. The van der Waals surface area contributed by atoms with Crippen molar-refractivity contribution in [3.63, 3.8) is 0 Å². The highest BCUT2D eigenvalue weighted by Crippen LogP contribution is 2.35. The Morgan fingerprint density at radius 1 is 0.745 bits per heavy atom. The standard InChI is InChI=1S/C22H14ClF4N5O2.C14H12FN5O/c1-32-10-13(9-30-32)18-8-20(29-11-28-18)34-14-3-5-17(24)19(7-14)31-21(33)12-2-4-16(23)15(6-12)22(25,26)27;1-20-7-9(6-19-20)13-5-14(18-8-17-13)21-10-2-3-11(15)12(16)4-10/h2-11H,1H3,(H,31,33);2-8H,16H2,1H3. The molecule has 0 radical (unpaired) electrons. The minimum atomic E-state index is -4.75. The number of anilines is 2. The molecule has 3 N–H and O–H groups in total. The lowest BCUT2D eigenvalue weighted by molar-refractivity contribution is -0.137. The maximum Gasteiger partial charge on any atom is 0.417 e. The van der Waals surface area contributed by atoms with Crippen molar-refractivity contribution >= 4 is 28.9 Å². The summed E-state index contributed by atoms with van der Waals surface area (Å²) in [6.07, 6.45) is 4.81. The molecule has 0 spiro atoms. The van der Waals surface area contributed by atoms with Gasteiger partial charge < -0.3 is 20.5 Å². The summed E-state index contributed by atoms with van der Waals surface area (Å²) in [6, 6.07) is 13.5. The van der Waals surface area contributed by atoms with Crippen LogP contribution in [0, 0.1) is 11.6 Å². The van der Waals surface area contributed by atoms with E-state index in [0.717, 1.165) is 29.3 Å². The molecule has 4 heterocycles. The number of ether oxygens (including phenoxy) is 2. The Balaban J connectivity index is 0.000000209. The third-order valence-electron chi connectivity index (χ3n) is 7.42. The molecular weight excluding hydrogens is 751 g/mol. The fourth-order valence-corrected chi connectivity index (χ4v) is 5.01. The monoisotopic (exact) mass is 776 g/mol. The number of hydrogen-bond donors (Lipinski definition) is 2. The largest absolute Gasteiger partial charge is 0.439 e. The van der Waals surface area contributed by atoms with Crippen LogP contribution in [0.2, 0.25) is 5.02 Å². The fourth-order valence-electron chi connectivity index (χ4n) is 4.78. The maximum atomic E-state index is 14.3. The van der Waals surface area contributed by atoms with Gasteiger partial charge in [0.05, 0.1) is 45.7 Å². The summed E-state index contributed by atoms with van der Waals surface area (Å²) >= 11 is 5.58. The van der Waals surface area contributed by atoms with E-state index >= 15 is 0 Å². The van der Waals surface area contributed by atoms with Crippen LogP contribution in [0.4, 0.5) is 33.3 Å². The SMILES string of the molecule is Cn1cc(-c2cc(Oc3ccc(F)c(N)c3)ncn2)cn1.Cn1cc(-c2cc(Oc3ccc(F)c(NC(=O)c4ccc(Cl)c(C(F)(F)F)c4)c3)ncn2)cn1. The third-order valence-corrected chi connectivity index (χ3v) is 7.75. The number of rotatable bonds is 8. The minimum absolute atomic E-state index is 0.0223. The molecule has 0 fully saturated rings. The number of amides is 1. The zero-order chi connectivity index (χ0) is 39.3. The number of nitrogens with two attached hydrogens (primary N) is 1. The van der Waals surface area contributed by atoms with Gasteiger partial charge in [-0.25, -0.2) is 28.7 Å². The zero-order valence-electron chi connectivity index (χ0n) is 28.5. The van der Waals surface area contributed by atoms with E-state index in [1.807, 2.05) is 13.2 Å². The molecule has 0 bridgehead atoms. The van der Waals surface area contributed by atoms with Crippen molar-refractivity contribution < 1.29 is 36.2 Å². The van der Waals surface area contributed by atoms with E-state index in [1.165, 1.54) is 43.0 Å². The molecule has 0 saturated heterocycles. The van der Waals surface area contributed by atoms with E-state index in [2.05, 4.69) is 35.5 Å². The topological polar surface area (TPSA) is 161 Å². The van der Waals surface area contributed by atoms with Crippen molar-refractivity contribution in [3.05, 3.63) is 132 Å². The van der Waals surface area contributed by atoms with Gasteiger partial charge in [0.25, 0.3) is 5.91 Å². The molecule has 0 saturated carbocycles. The molecule has 3 aromatic carbocycles. The maximum absolute atomic E-state index is 14.3. The molecule has 0 atom stereocenters. The Morgan fingerprint density at radius 3 is 1.80 bits per heavy atom. The normalized spacial score (nSPS) is 11.1. The van der Waals surface area contributed by atoms with E-state index in [9.17, 15) is 26.7 Å². The first-order valence-electron chi connectivity index (χ1n) is 15.7. The van der Waals surface area contributed by atoms with Gasteiger partial charge >= 0.3 is 6.18 Å². The molecule has 0 unspecified atom stereocenters. The van der Waals surface area contributed by atoms with Gasteiger partial charge in [0.2, 0.25) is 11.8 Å². The molecule has 55 heavy (non-hydrogen) atoms. The second-order valence-electron chi connectivity index (χ2n) is 11.5. The molecule has 4 aromatic heterocycles. The number of hydrogen-bond acceptors (Lipinski definition) is 10. The molecule has 13 nitrogen and oxygen atoms in total. The van der Waals surface area contributed by atoms with E-state index in [0.29, 0.717) is 29.1 Å². The molecule has 7 rings (SSSR count). The number of nitrogens with zero attached hydrogens (tertiary/aromatic N) is 8. The minimum Gasteiger partial charge on any atom is -0.439 e. The fraction of sp³-hybridized carbons (Fsp3) is 0.0833. The first-order valence-corrected chi connectivity index (χ1v) is 16.1. The molecule has 0 aliphatic rings. The summed E-state index contributed by atoms with van der Waals surface area (Å²) < 4.78 is 81.1. The van der Waals surface area contributed by atoms with Crippen molar-refractivity contribution in [2.75, 3.05) is 11.1 Å². The number of carbonyl (C=O) groups excluding carboxylic acids is 1. The van der Waals surface area contributed by atoms with Gasteiger partial charge in [0, 0.05) is 67.4 Å². The summed E-state index contributed by atoms with van der Waals surface area (Å²) in [5.74, 6) is -1.24. The van der Waals surface area contributed by atoms with Crippen molar-refractivity contribution in [3.8, 4) is 45.8 Å². The summed E-state index contributed by atoms with van der Waals surface area (Å²) in [7, 11) is 3.58. The van der Waals surface area contributed by atoms with Gasteiger partial charge in [-0.05, 0) is 42.5 Å². The Morgan fingerprint density at radius 2 is 1.29 bits per heavy atom. The van der Waals surface area contributed by atoms with Crippen LogP contribution in [0.3, 0.4) is 0 Å². The number of nitrogen functional groups attached to an aromatic ring is 1. The second-order valence-corrected chi connectivity index (χ2v) is 11.9. The van der Waals surface area contributed by atoms with Crippen molar-refractivity contribution in [2.45, 2.75) is 6.18 Å². The Hall–Kier alpha value is -6.95. The van der Waals surface area contributed by atoms with Gasteiger partial charge in [0.1, 0.15) is 35.8 Å². The Bertz CT molecular complexity index is 2490. The van der Waals surface area contributed by atoms with Crippen molar-refractivity contribution in [1.82, 2.24) is 39.5 Å². The van der Waals surface area contributed by atoms with Crippen LogP contribution in [0.1, 0.15) is 15.9 Å². The molecule has 280 valence electrons. The number of nitrogens with one attached hydrogen (secondary N) is 1. The van der Waals surface area contributed by atoms with Crippen LogP contribution in [0.25, 0.3) is 22.5 Å². The van der Waals surface area contributed by atoms with Crippen molar-refractivity contribution in [2.24, 2.45) is 14.1 Å². The van der Waals surface area contributed by atoms with Crippen LogP contribution in [0.15, 0.2) is 104 Å². The number of aromatic nitrogens is 8. The summed E-state index contributed by atoms with van der Waals surface area (Å²) in [6.45, 7) is 0. The smallest absolute Gasteiger partial charge is 0.417 e. The number of aryl methyl sites for hydroxylation is 2. The van der Waals surface area contributed by atoms with Crippen LogP contribution >= 0.6 is 11.6 Å². The zero-order valence-corrected chi connectivity index (χ0v) is 29.2. The average Bonchev–Trinajstić information content (AvgIpc) is 3.79. The first-order chi connectivity index (χ1) is 26.2. The summed E-state index contributed by atoms with van der Waals surface area (Å²) in [4.78, 5) is 28.8. The van der Waals surface area contributed by atoms with E-state index in [4.69, 9.17) is 26.8 Å². The number of benzene rings is 3. The number of halogens is 6. The molecule has 19 heteroatoms. The predicted molar refractivity (Wildman–Crippen MR) is 190 cm³/mol. The lowest BCUT2D eigenvalue weighted by atomic mass is 10.1. The van der Waals surface area contributed by atoms with Gasteiger partial charge in [-0.1, -0.05) is 11.6 Å². The molecule has 1 amide bonds. The number of carbonyl (C=O) groups is 1. The molecule has 7 aromatic rings. The van der Waals surface area contributed by atoms with E-state index in [1.54, 1.807) is 47.1 Å². The Kier molecular flexibility index (Phi) is 11.0. The highest BCUT2D eigenvalue weighted by atomic mass is 35.5. The highest BCUT2D eigenvalue weighted by Gasteiger charge is 2.34. The van der Waals surface area contributed by atoms with Crippen LogP contribution in [0.5, 0.6) is 23.3 Å². The predicted octanol–water partition coefficient (Wildman–Crippen LogP) is 8.12. The summed E-state index contributed by atoms with van der Waals surface area (Å²) in [5.41, 5.74) is 6.50. The van der Waals surface area contributed by atoms with Gasteiger partial charge in [-0.2, -0.15) is 23.4 Å². The van der Waals surface area contributed by atoms with E-state index in [-0.39, 0.29) is 28.6 Å². The van der Waals surface area contributed by atoms with Gasteiger partial charge in [0.15, 0.2) is 0 Å². The summed E-state index contributed by atoms with van der Waals surface area (Å²) in [5, 5.41) is 9.84. The van der Waals surface area contributed by atoms with Crippen molar-refractivity contribution in [1.29, 1.82) is 0 Å². The van der Waals surface area contributed by atoms with Crippen LogP contribution < -0.4 is 20.5 Å². The van der Waals surface area contributed by atoms with E-state index < -0.39 is 34.3 Å². The first kappa shape index (κ1) is 37.8. The lowest BCUT2D eigenvalue weighted by Gasteiger charge is -2.12. The quantitative estimate of drug-likeness (QED) is 0.114. The second kappa shape index (κ2) is 16.0. The van der Waals surface area contributed by atoms with Crippen LogP contribution in [-0.4, -0.2) is 45.4 Å². The van der Waals surface area contributed by atoms with Gasteiger partial charge in [-0.15, -0.1) is 0 Å². The lowest BCUT2D eigenvalue weighted by Crippen LogP contribution is -2.15. The molecular formula is C36H26ClF5N10O3. The average molecular weight is 777 g/mol. The third kappa shape index (κ3) is 9.54. The molecule has 0 aliphatic heterocycles. The van der Waals surface area contributed by atoms with Gasteiger partial charge in [-0.3, -0.25) is 14.2 Å². The molecule has 0 aliphatic carbocycles.